The Labute approximate surface area is 161 Å². The molecule has 1 amide bonds. The number of rotatable bonds is 6. The second kappa shape index (κ2) is 8.42. The summed E-state index contributed by atoms with van der Waals surface area (Å²) in [6.07, 6.45) is 0. The number of thioether (sulfide) groups is 1. The largest absolute Gasteiger partial charge is 0.337 e. The minimum Gasteiger partial charge on any atom is -0.337 e. The normalized spacial score (nSPS) is 12.6. The SMILES string of the molecule is CC(C)N(C(=O)[C@@H](C)Sc1nn(-c2ccc(F)cc2)c(=S)s1)C(C)C. The first-order chi connectivity index (χ1) is 11.7. The number of aromatic nitrogens is 2. The Morgan fingerprint density at radius 1 is 1.20 bits per heavy atom. The van der Waals surface area contributed by atoms with Crippen LogP contribution in [0.3, 0.4) is 0 Å². The van der Waals surface area contributed by atoms with Gasteiger partial charge >= 0.3 is 0 Å². The van der Waals surface area contributed by atoms with Crippen molar-refractivity contribution in [1.29, 1.82) is 0 Å². The van der Waals surface area contributed by atoms with Gasteiger partial charge in [0.1, 0.15) is 5.82 Å². The fourth-order valence-electron chi connectivity index (χ4n) is 2.57. The second-order valence-electron chi connectivity index (χ2n) is 6.22. The van der Waals surface area contributed by atoms with Gasteiger partial charge in [0, 0.05) is 12.1 Å². The molecule has 0 fully saturated rings. The molecule has 0 spiro atoms. The average Bonchev–Trinajstić information content (AvgIpc) is 2.87. The van der Waals surface area contributed by atoms with Crippen molar-refractivity contribution in [2.24, 2.45) is 0 Å². The number of halogens is 1. The number of amides is 1. The lowest BCUT2D eigenvalue weighted by Gasteiger charge is -2.32. The van der Waals surface area contributed by atoms with E-state index in [1.807, 2.05) is 39.5 Å². The maximum Gasteiger partial charge on any atom is 0.236 e. The molecule has 8 heteroatoms. The fourth-order valence-corrected chi connectivity index (χ4v) is 5.13. The summed E-state index contributed by atoms with van der Waals surface area (Å²) < 4.78 is 16.0. The third kappa shape index (κ3) is 4.89. The van der Waals surface area contributed by atoms with Crippen LogP contribution in [0.2, 0.25) is 0 Å². The number of carbonyl (C=O) groups excluding carboxylic acids is 1. The van der Waals surface area contributed by atoms with Gasteiger partial charge in [0.15, 0.2) is 8.29 Å². The van der Waals surface area contributed by atoms with Crippen LogP contribution in [0.25, 0.3) is 5.69 Å². The van der Waals surface area contributed by atoms with Gasteiger partial charge in [-0.15, -0.1) is 5.10 Å². The molecule has 2 aromatic rings. The summed E-state index contributed by atoms with van der Waals surface area (Å²) in [4.78, 5) is 14.6. The van der Waals surface area contributed by atoms with Crippen molar-refractivity contribution in [3.63, 3.8) is 0 Å². The second-order valence-corrected chi connectivity index (χ2v) is 9.43. The van der Waals surface area contributed by atoms with Crippen LogP contribution >= 0.6 is 35.3 Å². The molecule has 0 aliphatic rings. The van der Waals surface area contributed by atoms with Crippen molar-refractivity contribution < 1.29 is 9.18 Å². The molecular formula is C17H22FN3OS3. The van der Waals surface area contributed by atoms with E-state index in [0.717, 1.165) is 4.34 Å². The highest BCUT2D eigenvalue weighted by Gasteiger charge is 2.26. The molecule has 2 rings (SSSR count). The molecular weight excluding hydrogens is 377 g/mol. The van der Waals surface area contributed by atoms with Gasteiger partial charge in [-0.1, -0.05) is 23.1 Å². The zero-order chi connectivity index (χ0) is 18.7. The Morgan fingerprint density at radius 2 is 1.76 bits per heavy atom. The Balaban J connectivity index is 2.18. The number of hydrogen-bond acceptors (Lipinski definition) is 5. The summed E-state index contributed by atoms with van der Waals surface area (Å²) in [5.41, 5.74) is 0.708. The predicted octanol–water partition coefficient (Wildman–Crippen LogP) is 4.93. The topological polar surface area (TPSA) is 38.1 Å². The molecule has 136 valence electrons. The van der Waals surface area contributed by atoms with E-state index in [1.165, 1.54) is 35.2 Å². The smallest absolute Gasteiger partial charge is 0.236 e. The van der Waals surface area contributed by atoms with E-state index in [-0.39, 0.29) is 29.1 Å². The molecule has 0 unspecified atom stereocenters. The Kier molecular flexibility index (Phi) is 6.76. The van der Waals surface area contributed by atoms with E-state index in [2.05, 4.69) is 5.10 Å². The molecule has 1 aromatic carbocycles. The van der Waals surface area contributed by atoms with E-state index >= 15 is 0 Å². The lowest BCUT2D eigenvalue weighted by atomic mass is 10.2. The molecule has 0 N–H and O–H groups in total. The highest BCUT2D eigenvalue weighted by molar-refractivity contribution is 8.02. The molecule has 0 saturated carbocycles. The highest BCUT2D eigenvalue weighted by atomic mass is 32.2. The molecule has 0 radical (unpaired) electrons. The molecule has 0 bridgehead atoms. The molecule has 0 aliphatic carbocycles. The number of hydrogen-bond donors (Lipinski definition) is 0. The van der Waals surface area contributed by atoms with Crippen LogP contribution < -0.4 is 0 Å². The van der Waals surface area contributed by atoms with Crippen LogP contribution in [-0.4, -0.2) is 37.9 Å². The van der Waals surface area contributed by atoms with Crippen molar-refractivity contribution in [2.75, 3.05) is 0 Å². The van der Waals surface area contributed by atoms with Crippen molar-refractivity contribution >= 4 is 41.2 Å². The molecule has 4 nitrogen and oxygen atoms in total. The predicted molar refractivity (Wildman–Crippen MR) is 105 cm³/mol. The third-order valence-corrected chi connectivity index (χ3v) is 6.00. The summed E-state index contributed by atoms with van der Waals surface area (Å²) in [7, 11) is 0. The van der Waals surface area contributed by atoms with Crippen LogP contribution in [0.1, 0.15) is 34.6 Å². The quantitative estimate of drug-likeness (QED) is 0.510. The van der Waals surface area contributed by atoms with Gasteiger partial charge in [-0.25, -0.2) is 9.07 Å². The minimum absolute atomic E-state index is 0.0875. The van der Waals surface area contributed by atoms with Gasteiger partial charge in [0.05, 0.1) is 10.9 Å². The lowest BCUT2D eigenvalue weighted by Crippen LogP contribution is -2.45. The summed E-state index contributed by atoms with van der Waals surface area (Å²) in [5, 5.41) is 4.22. The van der Waals surface area contributed by atoms with E-state index < -0.39 is 0 Å². The van der Waals surface area contributed by atoms with Crippen LogP contribution in [0, 0.1) is 9.77 Å². The number of carbonyl (C=O) groups is 1. The summed E-state index contributed by atoms with van der Waals surface area (Å²) in [6.45, 7) is 9.95. The van der Waals surface area contributed by atoms with Crippen LogP contribution in [0.4, 0.5) is 4.39 Å². The number of nitrogens with zero attached hydrogens (tertiary/aromatic N) is 3. The molecule has 0 aliphatic heterocycles. The van der Waals surface area contributed by atoms with Gasteiger partial charge in [-0.3, -0.25) is 4.79 Å². The zero-order valence-corrected chi connectivity index (χ0v) is 17.3. The van der Waals surface area contributed by atoms with Gasteiger partial charge in [0.2, 0.25) is 5.91 Å². The molecule has 1 aromatic heterocycles. The van der Waals surface area contributed by atoms with E-state index in [4.69, 9.17) is 12.2 Å². The summed E-state index contributed by atoms with van der Waals surface area (Å²) >= 11 is 8.11. The Bertz CT molecular complexity index is 775. The Morgan fingerprint density at radius 3 is 2.28 bits per heavy atom. The zero-order valence-electron chi connectivity index (χ0n) is 14.9. The van der Waals surface area contributed by atoms with Gasteiger partial charge in [-0.05, 0) is 71.1 Å². The van der Waals surface area contributed by atoms with Gasteiger partial charge in [-0.2, -0.15) is 0 Å². The number of benzene rings is 1. The molecule has 1 atom stereocenters. The van der Waals surface area contributed by atoms with Gasteiger partial charge in [0.25, 0.3) is 0 Å². The molecule has 0 saturated heterocycles. The fraction of sp³-hybridized carbons (Fsp3) is 0.471. The average molecular weight is 400 g/mol. The van der Waals surface area contributed by atoms with Crippen molar-refractivity contribution in [3.8, 4) is 5.69 Å². The van der Waals surface area contributed by atoms with Crippen molar-refractivity contribution in [1.82, 2.24) is 14.7 Å². The van der Waals surface area contributed by atoms with E-state index in [9.17, 15) is 9.18 Å². The first kappa shape index (κ1) is 20.1. The third-order valence-electron chi connectivity index (χ3n) is 3.59. The maximum absolute atomic E-state index is 13.1. The Hall–Kier alpha value is -1.25. The summed E-state index contributed by atoms with van der Waals surface area (Å²) in [5.74, 6) is -0.216. The first-order valence-corrected chi connectivity index (χ1v) is 10.2. The summed E-state index contributed by atoms with van der Waals surface area (Å²) in [6, 6.07) is 6.30. The molecule has 1 heterocycles. The van der Waals surface area contributed by atoms with E-state index in [0.29, 0.717) is 9.64 Å². The highest BCUT2D eigenvalue weighted by Crippen LogP contribution is 2.29. The lowest BCUT2D eigenvalue weighted by molar-refractivity contribution is -0.133. The first-order valence-electron chi connectivity index (χ1n) is 8.05. The monoisotopic (exact) mass is 399 g/mol. The van der Waals surface area contributed by atoms with E-state index in [1.54, 1.807) is 16.8 Å². The van der Waals surface area contributed by atoms with Crippen molar-refractivity contribution in [2.45, 2.75) is 56.3 Å². The van der Waals surface area contributed by atoms with Crippen LogP contribution in [0.5, 0.6) is 0 Å². The standard InChI is InChI=1S/C17H22FN3OS3/c1-10(2)20(11(3)4)15(22)12(5)24-16-19-21(17(23)25-16)14-8-6-13(18)7-9-14/h6-12H,1-5H3/t12-/m1/s1. The minimum atomic E-state index is -0.304. The maximum atomic E-state index is 13.1. The van der Waals surface area contributed by atoms with Crippen molar-refractivity contribution in [3.05, 3.63) is 34.0 Å². The van der Waals surface area contributed by atoms with Crippen LogP contribution in [-0.2, 0) is 4.79 Å². The van der Waals surface area contributed by atoms with Crippen LogP contribution in [0.15, 0.2) is 28.6 Å². The van der Waals surface area contributed by atoms with Gasteiger partial charge < -0.3 is 4.90 Å². The molecule has 25 heavy (non-hydrogen) atoms.